The highest BCUT2D eigenvalue weighted by atomic mass is 19.1. The topological polar surface area (TPSA) is 53.6 Å². The van der Waals surface area contributed by atoms with Crippen molar-refractivity contribution in [3.63, 3.8) is 0 Å². The van der Waals surface area contributed by atoms with Gasteiger partial charge in [0.25, 0.3) is 0 Å². The number of hydrogen-bond acceptors (Lipinski definition) is 3. The predicted octanol–water partition coefficient (Wildman–Crippen LogP) is 7.96. The van der Waals surface area contributed by atoms with Gasteiger partial charge in [-0.25, -0.2) is 18.7 Å². The Labute approximate surface area is 214 Å². The summed E-state index contributed by atoms with van der Waals surface area (Å²) in [6.07, 6.45) is 6.80. The summed E-state index contributed by atoms with van der Waals surface area (Å²) >= 11 is 0. The minimum atomic E-state index is -0.627. The average molecular weight is 495 g/mol. The molecule has 2 atom stereocenters. The minimum Gasteiger partial charge on any atom is -0.367 e. The molecule has 4 nitrogen and oxygen atoms in total. The standard InChI is InChI=1S/C31H28F2N4/c1-17-18-6-9-20(10-7-18)29(17)36-28-15-27(22-11-8-19-4-2-3-5-21(19)12-22)35-31(37-28)25-16-34-30-24(25)13-23(32)14-26(30)33/h2-5,8,11-18,20,29,34H,6-7,9-10H2,1H3,(H,35,36,37)/t17-,18?,20?,29+/m0/s1. The van der Waals surface area contributed by atoms with Gasteiger partial charge >= 0.3 is 0 Å². The van der Waals surface area contributed by atoms with Crippen LogP contribution in [0.5, 0.6) is 0 Å². The molecule has 2 bridgehead atoms. The van der Waals surface area contributed by atoms with Crippen LogP contribution < -0.4 is 5.32 Å². The fourth-order valence-corrected chi connectivity index (χ4v) is 6.65. The van der Waals surface area contributed by atoms with Crippen molar-refractivity contribution >= 4 is 27.5 Å². The van der Waals surface area contributed by atoms with Crippen LogP contribution in [-0.4, -0.2) is 21.0 Å². The van der Waals surface area contributed by atoms with E-state index < -0.39 is 11.6 Å². The smallest absolute Gasteiger partial charge is 0.164 e. The van der Waals surface area contributed by atoms with Gasteiger partial charge in [-0.2, -0.15) is 0 Å². The van der Waals surface area contributed by atoms with E-state index >= 15 is 0 Å². The van der Waals surface area contributed by atoms with Gasteiger partial charge in [0.1, 0.15) is 17.5 Å². The highest BCUT2D eigenvalue weighted by Gasteiger charge is 2.41. The van der Waals surface area contributed by atoms with Crippen molar-refractivity contribution in [1.82, 2.24) is 15.0 Å². The number of fused-ring (bicyclic) bond motifs is 5. The molecule has 3 fully saturated rings. The number of aromatic nitrogens is 3. The fraction of sp³-hybridized carbons (Fsp3) is 0.290. The van der Waals surface area contributed by atoms with Gasteiger partial charge < -0.3 is 10.3 Å². The summed E-state index contributed by atoms with van der Waals surface area (Å²) in [5.41, 5.74) is 2.58. The number of halogens is 2. The van der Waals surface area contributed by atoms with E-state index in [0.717, 1.165) is 39.8 Å². The molecular formula is C31H28F2N4. The Morgan fingerprint density at radius 1 is 0.865 bits per heavy atom. The number of nitrogens with zero attached hydrogens (tertiary/aromatic N) is 2. The normalized spacial score (nSPS) is 23.1. The minimum absolute atomic E-state index is 0.254. The number of H-pyrrole nitrogens is 1. The molecule has 0 unspecified atom stereocenters. The second kappa shape index (κ2) is 8.65. The summed E-state index contributed by atoms with van der Waals surface area (Å²) in [7, 11) is 0. The van der Waals surface area contributed by atoms with Crippen LogP contribution in [0.2, 0.25) is 0 Å². The largest absolute Gasteiger partial charge is 0.367 e. The second-order valence-corrected chi connectivity index (χ2v) is 10.7. The zero-order valence-electron chi connectivity index (χ0n) is 20.6. The van der Waals surface area contributed by atoms with E-state index in [0.29, 0.717) is 34.7 Å². The molecule has 3 aliphatic carbocycles. The molecule has 0 aliphatic heterocycles. The molecule has 3 aromatic carbocycles. The Morgan fingerprint density at radius 2 is 1.65 bits per heavy atom. The Hall–Kier alpha value is -3.80. The number of aromatic amines is 1. The van der Waals surface area contributed by atoms with Gasteiger partial charge in [-0.05, 0) is 66.3 Å². The summed E-state index contributed by atoms with van der Waals surface area (Å²) in [6.45, 7) is 2.35. The summed E-state index contributed by atoms with van der Waals surface area (Å²) < 4.78 is 28.6. The fourth-order valence-electron chi connectivity index (χ4n) is 6.65. The first-order valence-electron chi connectivity index (χ1n) is 13.1. The van der Waals surface area contributed by atoms with Gasteiger partial charge in [0, 0.05) is 40.9 Å². The van der Waals surface area contributed by atoms with Crippen molar-refractivity contribution in [2.45, 2.75) is 38.6 Å². The van der Waals surface area contributed by atoms with E-state index in [2.05, 4.69) is 47.6 Å². The molecule has 0 saturated heterocycles. The SMILES string of the molecule is C[C@H]1C2CCC(CC2)[C@@H]1Nc1cc(-c2ccc3ccccc3c2)nc(-c2c[nH]c3c(F)cc(F)cc23)n1. The number of hydrogen-bond donors (Lipinski definition) is 2. The highest BCUT2D eigenvalue weighted by molar-refractivity contribution is 5.95. The van der Waals surface area contributed by atoms with Gasteiger partial charge in [-0.3, -0.25) is 0 Å². The molecule has 2 aromatic heterocycles. The lowest BCUT2D eigenvalue weighted by Crippen LogP contribution is -2.47. The Morgan fingerprint density at radius 3 is 2.46 bits per heavy atom. The molecular weight excluding hydrogens is 466 g/mol. The van der Waals surface area contributed by atoms with Crippen LogP contribution in [0, 0.1) is 29.4 Å². The van der Waals surface area contributed by atoms with E-state index in [1.807, 2.05) is 18.2 Å². The average Bonchev–Trinajstić information content (AvgIpc) is 3.35. The molecule has 0 radical (unpaired) electrons. The summed E-state index contributed by atoms with van der Waals surface area (Å²) in [5.74, 6) is 1.91. The van der Waals surface area contributed by atoms with Crippen LogP contribution in [0.4, 0.5) is 14.6 Å². The Balaban J connectivity index is 1.37. The quantitative estimate of drug-likeness (QED) is 0.266. The van der Waals surface area contributed by atoms with Crippen molar-refractivity contribution < 1.29 is 8.78 Å². The predicted molar refractivity (Wildman–Crippen MR) is 144 cm³/mol. The van der Waals surface area contributed by atoms with Gasteiger partial charge in [0.05, 0.1) is 11.2 Å². The molecule has 37 heavy (non-hydrogen) atoms. The first kappa shape index (κ1) is 22.4. The lowest BCUT2D eigenvalue weighted by atomic mass is 9.62. The van der Waals surface area contributed by atoms with Gasteiger partial charge in [-0.1, -0.05) is 43.3 Å². The van der Waals surface area contributed by atoms with E-state index in [-0.39, 0.29) is 5.52 Å². The van der Waals surface area contributed by atoms with Gasteiger partial charge in [0.15, 0.2) is 5.82 Å². The third-order valence-electron chi connectivity index (χ3n) is 8.67. The van der Waals surface area contributed by atoms with Gasteiger partial charge in [0.2, 0.25) is 0 Å². The van der Waals surface area contributed by atoms with E-state index in [1.165, 1.54) is 31.7 Å². The van der Waals surface area contributed by atoms with Crippen molar-refractivity contribution in [2.75, 3.05) is 5.32 Å². The van der Waals surface area contributed by atoms with Crippen molar-refractivity contribution in [3.8, 4) is 22.6 Å². The maximum absolute atomic E-state index is 14.5. The number of benzene rings is 3. The van der Waals surface area contributed by atoms with Crippen LogP contribution in [0.15, 0.2) is 66.9 Å². The number of nitrogens with one attached hydrogen (secondary N) is 2. The van der Waals surface area contributed by atoms with E-state index in [9.17, 15) is 8.78 Å². The Kier molecular flexibility index (Phi) is 5.24. The van der Waals surface area contributed by atoms with Crippen LogP contribution in [0.3, 0.4) is 0 Å². The van der Waals surface area contributed by atoms with Crippen LogP contribution in [0.25, 0.3) is 44.3 Å². The zero-order valence-corrected chi connectivity index (χ0v) is 20.6. The molecule has 8 rings (SSSR count). The molecule has 0 amide bonds. The van der Waals surface area contributed by atoms with E-state index in [4.69, 9.17) is 9.97 Å². The van der Waals surface area contributed by atoms with Gasteiger partial charge in [-0.15, -0.1) is 0 Å². The van der Waals surface area contributed by atoms with Crippen LogP contribution in [0.1, 0.15) is 32.6 Å². The first-order valence-corrected chi connectivity index (χ1v) is 13.1. The molecule has 2 heterocycles. The molecule has 3 aliphatic rings. The third kappa shape index (κ3) is 3.86. The summed E-state index contributed by atoms with van der Waals surface area (Å²) in [6, 6.07) is 19.1. The lowest BCUT2D eigenvalue weighted by Gasteiger charge is -2.47. The first-order chi connectivity index (χ1) is 18.0. The van der Waals surface area contributed by atoms with Crippen molar-refractivity contribution in [1.29, 1.82) is 0 Å². The van der Waals surface area contributed by atoms with Crippen molar-refractivity contribution in [3.05, 3.63) is 78.5 Å². The molecule has 5 aromatic rings. The lowest BCUT2D eigenvalue weighted by molar-refractivity contribution is 0.0928. The maximum Gasteiger partial charge on any atom is 0.164 e. The van der Waals surface area contributed by atoms with Crippen LogP contribution in [-0.2, 0) is 0 Å². The molecule has 2 N–H and O–H groups in total. The number of rotatable bonds is 4. The summed E-state index contributed by atoms with van der Waals surface area (Å²) in [4.78, 5) is 12.8. The molecule has 186 valence electrons. The third-order valence-corrected chi connectivity index (χ3v) is 8.67. The highest BCUT2D eigenvalue weighted by Crippen LogP contribution is 2.46. The maximum atomic E-state index is 14.5. The zero-order chi connectivity index (χ0) is 25.1. The monoisotopic (exact) mass is 494 g/mol. The van der Waals surface area contributed by atoms with Crippen molar-refractivity contribution in [2.24, 2.45) is 17.8 Å². The molecule has 0 spiro atoms. The van der Waals surface area contributed by atoms with Crippen LogP contribution >= 0.6 is 0 Å². The number of anilines is 1. The molecule has 3 saturated carbocycles. The summed E-state index contributed by atoms with van der Waals surface area (Å²) in [5, 5.41) is 6.50. The molecule has 6 heteroatoms. The second-order valence-electron chi connectivity index (χ2n) is 10.7. The Bertz CT molecular complexity index is 1630. The van der Waals surface area contributed by atoms with E-state index in [1.54, 1.807) is 6.20 Å².